The minimum absolute atomic E-state index is 0.133. The van der Waals surface area contributed by atoms with Crippen molar-refractivity contribution in [2.45, 2.75) is 58.5 Å². The first-order chi connectivity index (χ1) is 15.2. The Morgan fingerprint density at radius 1 is 1.31 bits per heavy atom. The second kappa shape index (κ2) is 10.3. The van der Waals surface area contributed by atoms with E-state index in [2.05, 4.69) is 32.3 Å². The van der Waals surface area contributed by atoms with Crippen LogP contribution in [0.4, 0.5) is 0 Å². The smallest absolute Gasteiger partial charge is 0.333 e. The van der Waals surface area contributed by atoms with Crippen LogP contribution in [-0.4, -0.2) is 35.4 Å². The van der Waals surface area contributed by atoms with Gasteiger partial charge in [-0.25, -0.2) is 9.78 Å². The summed E-state index contributed by atoms with van der Waals surface area (Å²) >= 11 is 1.58. The Hall–Kier alpha value is -2.64. The molecule has 1 unspecified atom stereocenters. The summed E-state index contributed by atoms with van der Waals surface area (Å²) in [5.41, 5.74) is 1.72. The first kappa shape index (κ1) is 24.0. The van der Waals surface area contributed by atoms with Gasteiger partial charge in [-0.05, 0) is 36.4 Å². The third-order valence-electron chi connectivity index (χ3n) is 5.11. The lowest BCUT2D eigenvalue weighted by Crippen LogP contribution is -2.26. The number of oxazole rings is 1. The van der Waals surface area contributed by atoms with E-state index in [9.17, 15) is 9.90 Å². The summed E-state index contributed by atoms with van der Waals surface area (Å²) < 4.78 is 18.5. The molecule has 0 aliphatic rings. The molecule has 0 fully saturated rings. The molecule has 3 rings (SSSR count). The van der Waals surface area contributed by atoms with Gasteiger partial charge in [-0.15, -0.1) is 17.9 Å². The van der Waals surface area contributed by atoms with Crippen molar-refractivity contribution in [1.29, 1.82) is 0 Å². The molecule has 0 saturated heterocycles. The van der Waals surface area contributed by atoms with Crippen molar-refractivity contribution in [3.63, 3.8) is 0 Å². The zero-order valence-corrected chi connectivity index (χ0v) is 20.0. The Morgan fingerprint density at radius 3 is 2.75 bits per heavy atom. The van der Waals surface area contributed by atoms with Gasteiger partial charge in [-0.1, -0.05) is 32.9 Å². The molecule has 32 heavy (non-hydrogen) atoms. The SMILES string of the molecule is C=CCCOC(Cc1ccc(OCCc2nc(C(C)(C)C)oc2C)c2ccsc12)C(=O)O. The Labute approximate surface area is 192 Å². The number of aliphatic carboxylic acids is 1. The molecule has 7 heteroatoms. The first-order valence-corrected chi connectivity index (χ1v) is 11.6. The Kier molecular flexibility index (Phi) is 7.74. The van der Waals surface area contributed by atoms with Gasteiger partial charge in [0.15, 0.2) is 12.0 Å². The van der Waals surface area contributed by atoms with Crippen LogP contribution in [0.25, 0.3) is 10.1 Å². The topological polar surface area (TPSA) is 81.8 Å². The number of rotatable bonds is 11. The monoisotopic (exact) mass is 457 g/mol. The van der Waals surface area contributed by atoms with E-state index < -0.39 is 12.1 Å². The summed E-state index contributed by atoms with van der Waals surface area (Å²) in [5.74, 6) is 1.38. The van der Waals surface area contributed by atoms with Crippen molar-refractivity contribution in [2.75, 3.05) is 13.2 Å². The van der Waals surface area contributed by atoms with Gasteiger partial charge >= 0.3 is 5.97 Å². The predicted molar refractivity (Wildman–Crippen MR) is 127 cm³/mol. The lowest BCUT2D eigenvalue weighted by atomic mass is 9.97. The summed E-state index contributed by atoms with van der Waals surface area (Å²) in [6.45, 7) is 12.6. The first-order valence-electron chi connectivity index (χ1n) is 10.7. The van der Waals surface area contributed by atoms with Crippen molar-refractivity contribution in [1.82, 2.24) is 4.98 Å². The lowest BCUT2D eigenvalue weighted by molar-refractivity contribution is -0.150. The number of hydrogen-bond donors (Lipinski definition) is 1. The van der Waals surface area contributed by atoms with Crippen molar-refractivity contribution >= 4 is 27.4 Å². The van der Waals surface area contributed by atoms with Gasteiger partial charge in [0, 0.05) is 28.3 Å². The molecule has 3 aromatic rings. The van der Waals surface area contributed by atoms with E-state index >= 15 is 0 Å². The summed E-state index contributed by atoms with van der Waals surface area (Å²) in [7, 11) is 0. The molecular weight excluding hydrogens is 426 g/mol. The molecule has 1 aromatic carbocycles. The van der Waals surface area contributed by atoms with E-state index in [-0.39, 0.29) is 5.41 Å². The van der Waals surface area contributed by atoms with Crippen molar-refractivity contribution in [3.05, 3.63) is 59.1 Å². The number of benzene rings is 1. The van der Waals surface area contributed by atoms with Gasteiger partial charge in [0.05, 0.1) is 18.9 Å². The van der Waals surface area contributed by atoms with Crippen LogP contribution in [0.5, 0.6) is 5.75 Å². The van der Waals surface area contributed by atoms with Crippen LogP contribution < -0.4 is 4.74 Å². The molecule has 0 bridgehead atoms. The van der Waals surface area contributed by atoms with Crippen LogP contribution in [0.15, 0.2) is 40.7 Å². The van der Waals surface area contributed by atoms with Crippen LogP contribution in [0.2, 0.25) is 0 Å². The molecule has 2 heterocycles. The molecular formula is C25H31NO5S. The highest BCUT2D eigenvalue weighted by Gasteiger charge is 2.23. The minimum atomic E-state index is -0.961. The van der Waals surface area contributed by atoms with Gasteiger partial charge in [0.2, 0.25) is 0 Å². The van der Waals surface area contributed by atoms with Gasteiger partial charge in [0.25, 0.3) is 0 Å². The number of thiophene rings is 1. The van der Waals surface area contributed by atoms with E-state index in [1.165, 1.54) is 0 Å². The van der Waals surface area contributed by atoms with Gasteiger partial charge in [-0.2, -0.15) is 0 Å². The number of nitrogens with zero attached hydrogens (tertiary/aromatic N) is 1. The van der Waals surface area contributed by atoms with Crippen LogP contribution in [-0.2, 0) is 27.8 Å². The van der Waals surface area contributed by atoms with E-state index in [0.29, 0.717) is 32.5 Å². The molecule has 1 atom stereocenters. The van der Waals surface area contributed by atoms with Gasteiger partial charge in [-0.3, -0.25) is 0 Å². The number of ether oxygens (including phenoxy) is 2. The second-order valence-electron chi connectivity index (χ2n) is 8.74. The maximum Gasteiger partial charge on any atom is 0.333 e. The van der Waals surface area contributed by atoms with Crippen molar-refractivity contribution in [2.24, 2.45) is 0 Å². The number of fused-ring (bicyclic) bond motifs is 1. The molecule has 0 amide bonds. The molecule has 0 radical (unpaired) electrons. The zero-order valence-electron chi connectivity index (χ0n) is 19.1. The zero-order chi connectivity index (χ0) is 23.3. The average molecular weight is 458 g/mol. The van der Waals surface area contributed by atoms with Crippen LogP contribution in [0.3, 0.4) is 0 Å². The van der Waals surface area contributed by atoms with Gasteiger partial charge < -0.3 is 19.0 Å². The summed E-state index contributed by atoms with van der Waals surface area (Å²) in [5, 5.41) is 12.5. The number of aryl methyl sites for hydroxylation is 1. The third-order valence-corrected chi connectivity index (χ3v) is 6.10. The van der Waals surface area contributed by atoms with E-state index in [1.54, 1.807) is 17.4 Å². The highest BCUT2D eigenvalue weighted by atomic mass is 32.1. The van der Waals surface area contributed by atoms with Crippen molar-refractivity contribution < 1.29 is 23.8 Å². The van der Waals surface area contributed by atoms with Crippen LogP contribution in [0, 0.1) is 6.92 Å². The number of carboxylic acids is 1. The summed E-state index contributed by atoms with van der Waals surface area (Å²) in [4.78, 5) is 16.3. The van der Waals surface area contributed by atoms with E-state index in [4.69, 9.17) is 13.9 Å². The van der Waals surface area contributed by atoms with Gasteiger partial charge in [0.1, 0.15) is 11.5 Å². The molecule has 6 nitrogen and oxygen atoms in total. The molecule has 2 aromatic heterocycles. The largest absolute Gasteiger partial charge is 0.493 e. The van der Waals surface area contributed by atoms with E-state index in [1.807, 2.05) is 30.5 Å². The molecule has 0 saturated carbocycles. The number of carbonyl (C=O) groups is 1. The second-order valence-corrected chi connectivity index (χ2v) is 9.65. The van der Waals surface area contributed by atoms with E-state index in [0.717, 1.165) is 38.7 Å². The summed E-state index contributed by atoms with van der Waals surface area (Å²) in [6.07, 6.45) is 2.40. The fourth-order valence-corrected chi connectivity index (χ4v) is 4.27. The Bertz CT molecular complexity index is 1080. The van der Waals surface area contributed by atoms with Crippen LogP contribution >= 0.6 is 11.3 Å². The number of aromatic nitrogens is 1. The number of hydrogen-bond acceptors (Lipinski definition) is 6. The highest BCUT2D eigenvalue weighted by molar-refractivity contribution is 7.17. The normalized spacial score (nSPS) is 12.8. The maximum atomic E-state index is 11.6. The maximum absolute atomic E-state index is 11.6. The summed E-state index contributed by atoms with van der Waals surface area (Å²) in [6, 6.07) is 5.84. The average Bonchev–Trinajstić information content (AvgIpc) is 3.36. The Morgan fingerprint density at radius 2 is 2.09 bits per heavy atom. The predicted octanol–water partition coefficient (Wildman–Crippen LogP) is 5.71. The highest BCUT2D eigenvalue weighted by Crippen LogP contribution is 2.34. The lowest BCUT2D eigenvalue weighted by Gasteiger charge is -2.15. The molecule has 0 aliphatic carbocycles. The third kappa shape index (κ3) is 5.78. The molecule has 0 aliphatic heterocycles. The number of carboxylic acid groups (broad SMARTS) is 1. The Balaban J connectivity index is 1.69. The molecule has 0 spiro atoms. The molecule has 172 valence electrons. The fourth-order valence-electron chi connectivity index (χ4n) is 3.33. The standard InChI is InChI=1S/C25H31NO5S/c1-6-7-12-29-21(23(27)28)15-17-8-9-20(18-11-14-32-22(17)18)30-13-10-19-16(2)31-24(26-19)25(3,4)5/h6,8-9,11,14,21H,1,7,10,12-13,15H2,2-5H3,(H,27,28). The molecule has 1 N–H and O–H groups in total. The minimum Gasteiger partial charge on any atom is -0.493 e. The quantitative estimate of drug-likeness (QED) is 0.294. The fraction of sp³-hybridized carbons (Fsp3) is 0.440. The van der Waals surface area contributed by atoms with Crippen molar-refractivity contribution in [3.8, 4) is 5.75 Å². The van der Waals surface area contributed by atoms with Crippen LogP contribution in [0.1, 0.15) is 50.1 Å².